The summed E-state index contributed by atoms with van der Waals surface area (Å²) in [5, 5.41) is -0.0789. The number of hydrogen-bond acceptors (Lipinski definition) is 8. The molecule has 0 saturated carbocycles. The number of Topliss-reactive ketones (excluding diaryl/α,β-unsaturated/α-hetero) is 1. The third-order valence-corrected chi connectivity index (χ3v) is 7.68. The first-order valence-corrected chi connectivity index (χ1v) is 12.4. The van der Waals surface area contributed by atoms with Gasteiger partial charge in [0, 0.05) is 48.1 Å². The van der Waals surface area contributed by atoms with Gasteiger partial charge in [0.2, 0.25) is 10.9 Å². The van der Waals surface area contributed by atoms with E-state index in [2.05, 4.69) is 19.9 Å². The largest absolute Gasteiger partial charge is 0.451 e. The van der Waals surface area contributed by atoms with Gasteiger partial charge in [-0.1, -0.05) is 0 Å². The number of halogens is 4. The van der Waals surface area contributed by atoms with Gasteiger partial charge in [-0.3, -0.25) is 4.79 Å². The number of hydrogen-bond donors (Lipinski definition) is 0. The van der Waals surface area contributed by atoms with Crippen LogP contribution in [0.25, 0.3) is 22.2 Å². The van der Waals surface area contributed by atoms with E-state index >= 15 is 0 Å². The molecule has 192 valence electrons. The lowest BCUT2D eigenvalue weighted by Gasteiger charge is -2.37. The lowest BCUT2D eigenvalue weighted by molar-refractivity contribution is -0.145. The van der Waals surface area contributed by atoms with E-state index in [0.717, 1.165) is 28.8 Å². The van der Waals surface area contributed by atoms with Gasteiger partial charge >= 0.3 is 6.18 Å². The SMILES string of the molecule is O=C(CCc1cc(-c2cnc(C(F)(F)F)nc2)ncn1)C1CCN1S(=O)(=O)c1cc2cc(F)ccc2o1. The van der Waals surface area contributed by atoms with Gasteiger partial charge in [-0.25, -0.2) is 32.7 Å². The molecule has 4 aromatic rings. The van der Waals surface area contributed by atoms with E-state index in [1.807, 2.05) is 0 Å². The normalized spacial score (nSPS) is 16.6. The number of carbonyl (C=O) groups is 1. The highest BCUT2D eigenvalue weighted by Crippen LogP contribution is 2.32. The smallest absolute Gasteiger partial charge is 0.443 e. The Kier molecular flexibility index (Phi) is 6.23. The number of benzene rings is 1. The predicted molar refractivity (Wildman–Crippen MR) is 120 cm³/mol. The van der Waals surface area contributed by atoms with Crippen molar-refractivity contribution in [1.29, 1.82) is 0 Å². The Balaban J connectivity index is 1.25. The van der Waals surface area contributed by atoms with E-state index in [0.29, 0.717) is 17.5 Å². The summed E-state index contributed by atoms with van der Waals surface area (Å²) in [5.74, 6) is -2.13. The number of rotatable bonds is 7. The van der Waals surface area contributed by atoms with Crippen LogP contribution in [0.15, 0.2) is 58.6 Å². The van der Waals surface area contributed by atoms with Crippen molar-refractivity contribution in [2.75, 3.05) is 6.54 Å². The van der Waals surface area contributed by atoms with Gasteiger partial charge in [-0.2, -0.15) is 17.5 Å². The molecule has 14 heteroatoms. The Morgan fingerprint density at radius 2 is 1.84 bits per heavy atom. The number of aryl methyl sites for hydroxylation is 1. The minimum atomic E-state index is -4.67. The van der Waals surface area contributed by atoms with Crippen molar-refractivity contribution in [1.82, 2.24) is 24.2 Å². The topological polar surface area (TPSA) is 119 Å². The van der Waals surface area contributed by atoms with E-state index < -0.39 is 33.9 Å². The molecule has 4 heterocycles. The van der Waals surface area contributed by atoms with Crippen LogP contribution in [0.5, 0.6) is 0 Å². The second-order valence-electron chi connectivity index (χ2n) is 8.32. The summed E-state index contributed by atoms with van der Waals surface area (Å²) in [6, 6.07) is 5.49. The van der Waals surface area contributed by atoms with E-state index in [1.54, 1.807) is 0 Å². The molecule has 0 bridgehead atoms. The quantitative estimate of drug-likeness (QED) is 0.328. The zero-order valence-corrected chi connectivity index (χ0v) is 19.6. The van der Waals surface area contributed by atoms with Crippen LogP contribution in [0.2, 0.25) is 0 Å². The molecule has 0 amide bonds. The Labute approximate surface area is 207 Å². The first-order chi connectivity index (χ1) is 17.5. The minimum absolute atomic E-state index is 0.0258. The van der Waals surface area contributed by atoms with Gasteiger partial charge in [-0.15, -0.1) is 0 Å². The number of carbonyl (C=O) groups excluding carboxylic acids is 1. The fraction of sp³-hybridized carbons (Fsp3) is 0.261. The molecular formula is C23H17F4N5O4S. The highest BCUT2D eigenvalue weighted by atomic mass is 32.2. The first-order valence-electron chi connectivity index (χ1n) is 11.0. The van der Waals surface area contributed by atoms with Gasteiger partial charge in [0.05, 0.1) is 11.7 Å². The van der Waals surface area contributed by atoms with Crippen molar-refractivity contribution in [2.24, 2.45) is 0 Å². The highest BCUT2D eigenvalue weighted by Gasteiger charge is 2.43. The third-order valence-electron chi connectivity index (χ3n) is 5.91. The number of aromatic nitrogens is 4. The van der Waals surface area contributed by atoms with Crippen LogP contribution in [-0.4, -0.2) is 51.0 Å². The van der Waals surface area contributed by atoms with Gasteiger partial charge < -0.3 is 4.42 Å². The number of nitrogens with zero attached hydrogens (tertiary/aromatic N) is 5. The molecular weight excluding hydrogens is 518 g/mol. The maximum absolute atomic E-state index is 13.4. The van der Waals surface area contributed by atoms with Crippen molar-refractivity contribution in [3.63, 3.8) is 0 Å². The molecule has 9 nitrogen and oxygen atoms in total. The van der Waals surface area contributed by atoms with Crippen LogP contribution in [-0.2, 0) is 27.4 Å². The van der Waals surface area contributed by atoms with E-state index in [-0.39, 0.29) is 47.1 Å². The predicted octanol–water partition coefficient (Wildman–Crippen LogP) is 3.80. The van der Waals surface area contributed by atoms with Gasteiger partial charge in [0.25, 0.3) is 10.0 Å². The van der Waals surface area contributed by atoms with E-state index in [1.165, 1.54) is 24.5 Å². The molecule has 3 aromatic heterocycles. The molecule has 0 spiro atoms. The molecule has 5 rings (SSSR count). The molecule has 1 aromatic carbocycles. The maximum atomic E-state index is 13.4. The van der Waals surface area contributed by atoms with Crippen molar-refractivity contribution in [2.45, 2.75) is 36.6 Å². The van der Waals surface area contributed by atoms with E-state index in [9.17, 15) is 30.8 Å². The molecule has 1 atom stereocenters. The Morgan fingerprint density at radius 1 is 1.08 bits per heavy atom. The summed E-state index contributed by atoms with van der Waals surface area (Å²) < 4.78 is 84.0. The number of alkyl halides is 3. The maximum Gasteiger partial charge on any atom is 0.451 e. The molecule has 1 aliphatic rings. The molecule has 1 unspecified atom stereocenters. The van der Waals surface area contributed by atoms with Crippen molar-refractivity contribution >= 4 is 26.8 Å². The molecule has 0 N–H and O–H groups in total. The molecule has 1 aliphatic heterocycles. The van der Waals surface area contributed by atoms with Crippen LogP contribution in [0, 0.1) is 5.82 Å². The second kappa shape index (κ2) is 9.27. The zero-order chi connectivity index (χ0) is 26.4. The fourth-order valence-electron chi connectivity index (χ4n) is 3.92. The molecule has 0 aliphatic carbocycles. The zero-order valence-electron chi connectivity index (χ0n) is 18.8. The minimum Gasteiger partial charge on any atom is -0.443 e. The molecule has 0 radical (unpaired) electrons. The number of furan rings is 1. The first kappa shape index (κ1) is 24.9. The highest BCUT2D eigenvalue weighted by molar-refractivity contribution is 7.89. The average Bonchev–Trinajstić information content (AvgIpc) is 3.26. The Morgan fingerprint density at radius 3 is 2.51 bits per heavy atom. The second-order valence-corrected chi connectivity index (χ2v) is 10.1. The van der Waals surface area contributed by atoms with Crippen molar-refractivity contribution < 1.29 is 35.2 Å². The summed E-state index contributed by atoms with van der Waals surface area (Å²) >= 11 is 0. The lowest BCUT2D eigenvalue weighted by atomic mass is 9.98. The fourth-order valence-corrected chi connectivity index (χ4v) is 5.53. The van der Waals surface area contributed by atoms with Crippen LogP contribution in [0.4, 0.5) is 17.6 Å². The third kappa shape index (κ3) is 4.93. The Hall–Kier alpha value is -3.78. The molecule has 37 heavy (non-hydrogen) atoms. The van der Waals surface area contributed by atoms with Crippen LogP contribution in [0.3, 0.4) is 0 Å². The lowest BCUT2D eigenvalue weighted by Crippen LogP contribution is -2.54. The number of fused-ring (bicyclic) bond motifs is 1. The van der Waals surface area contributed by atoms with Gasteiger partial charge in [-0.05, 0) is 37.1 Å². The summed E-state index contributed by atoms with van der Waals surface area (Å²) in [6.45, 7) is 0.135. The van der Waals surface area contributed by atoms with Gasteiger partial charge in [0.1, 0.15) is 17.7 Å². The molecule has 1 fully saturated rings. The molecule has 1 saturated heterocycles. The van der Waals surface area contributed by atoms with Crippen molar-refractivity contribution in [3.8, 4) is 11.3 Å². The van der Waals surface area contributed by atoms with Crippen molar-refractivity contribution in [3.05, 3.63) is 66.4 Å². The van der Waals surface area contributed by atoms with Gasteiger partial charge in [0.15, 0.2) is 5.78 Å². The van der Waals surface area contributed by atoms with E-state index in [4.69, 9.17) is 4.42 Å². The summed E-state index contributed by atoms with van der Waals surface area (Å²) in [4.78, 5) is 27.5. The monoisotopic (exact) mass is 535 g/mol. The average molecular weight is 535 g/mol. The summed E-state index contributed by atoms with van der Waals surface area (Å²) in [6.07, 6.45) is -0.997. The van der Waals surface area contributed by atoms with Crippen LogP contribution in [0.1, 0.15) is 24.4 Å². The van der Waals surface area contributed by atoms with Crippen LogP contribution >= 0.6 is 0 Å². The summed E-state index contributed by atoms with van der Waals surface area (Å²) in [7, 11) is -4.11. The summed E-state index contributed by atoms with van der Waals surface area (Å²) in [5.41, 5.74) is 1.16. The number of ketones is 1. The number of sulfonamides is 1. The van der Waals surface area contributed by atoms with Crippen LogP contribution < -0.4 is 0 Å². The standard InChI is InChI=1S/C23H17F4N5O4S/c24-15-1-4-20-13(7-15)8-21(36-20)37(34,35)32-6-5-18(32)19(33)3-2-16-9-17(31-12-30-16)14-10-28-22(29-11-14)23(25,26)27/h1,4,7-12,18H,2-3,5-6H2. The Bertz CT molecular complexity index is 1590.